The van der Waals surface area contributed by atoms with E-state index in [4.69, 9.17) is 14.2 Å². The molecule has 0 spiro atoms. The first-order chi connectivity index (χ1) is 14.5. The van der Waals surface area contributed by atoms with E-state index in [1.807, 2.05) is 0 Å². The van der Waals surface area contributed by atoms with Gasteiger partial charge in [-0.05, 0) is 61.4 Å². The zero-order chi connectivity index (χ0) is 21.7. The largest absolute Gasteiger partial charge is 0.504 e. The van der Waals surface area contributed by atoms with Crippen molar-refractivity contribution in [1.82, 2.24) is 10.6 Å². The number of esters is 1. The van der Waals surface area contributed by atoms with Crippen LogP contribution in [0.4, 0.5) is 4.79 Å². The first-order valence-corrected chi connectivity index (χ1v) is 9.57. The molecular weight excluding hydrogens is 388 g/mol. The van der Waals surface area contributed by atoms with E-state index in [1.54, 1.807) is 57.4 Å². The monoisotopic (exact) mass is 412 g/mol. The molecule has 1 aliphatic heterocycles. The van der Waals surface area contributed by atoms with Crippen molar-refractivity contribution < 1.29 is 28.9 Å². The van der Waals surface area contributed by atoms with Crippen LogP contribution in [-0.2, 0) is 9.53 Å². The van der Waals surface area contributed by atoms with Crippen LogP contribution in [0.15, 0.2) is 48.0 Å². The number of ether oxygens (including phenoxy) is 3. The summed E-state index contributed by atoms with van der Waals surface area (Å²) in [5, 5.41) is 15.5. The second kappa shape index (κ2) is 9.21. The van der Waals surface area contributed by atoms with Gasteiger partial charge in [0.25, 0.3) is 0 Å². The summed E-state index contributed by atoms with van der Waals surface area (Å²) in [5.41, 5.74) is 1.79. The standard InChI is InChI=1S/C22H24N2O6/c1-4-29-17-12-14(8-11-16(17)25)20-18(21(26)30-5-2)19(23-22(27)24-20)13-6-9-15(28-3)10-7-13/h6-12,20,25H,4-5H2,1-3H3,(H2,23,24,27). The first-order valence-electron chi connectivity index (χ1n) is 9.57. The van der Waals surface area contributed by atoms with Crippen molar-refractivity contribution in [2.24, 2.45) is 0 Å². The van der Waals surface area contributed by atoms with Crippen LogP contribution < -0.4 is 20.1 Å². The molecule has 0 fully saturated rings. The number of phenols is 1. The van der Waals surface area contributed by atoms with Crippen molar-refractivity contribution >= 4 is 17.7 Å². The number of rotatable bonds is 7. The molecule has 0 aliphatic carbocycles. The quantitative estimate of drug-likeness (QED) is 0.604. The first kappa shape index (κ1) is 21.0. The minimum atomic E-state index is -0.797. The van der Waals surface area contributed by atoms with E-state index in [2.05, 4.69) is 10.6 Å². The molecule has 8 heteroatoms. The predicted octanol–water partition coefficient (Wildman–Crippen LogP) is 3.13. The molecule has 3 rings (SSSR count). The topological polar surface area (TPSA) is 106 Å². The number of amides is 2. The average molecular weight is 412 g/mol. The summed E-state index contributed by atoms with van der Waals surface area (Å²) in [6, 6.07) is 10.4. The minimum absolute atomic E-state index is 0.0297. The molecule has 1 unspecified atom stereocenters. The number of nitrogens with one attached hydrogen (secondary N) is 2. The molecule has 158 valence electrons. The van der Waals surface area contributed by atoms with Crippen LogP contribution >= 0.6 is 0 Å². The number of carbonyl (C=O) groups is 2. The van der Waals surface area contributed by atoms with Crippen molar-refractivity contribution in [1.29, 1.82) is 0 Å². The molecular formula is C22H24N2O6. The third kappa shape index (κ3) is 4.32. The summed E-state index contributed by atoms with van der Waals surface area (Å²) in [5.74, 6) is 0.315. The Labute approximate surface area is 174 Å². The summed E-state index contributed by atoms with van der Waals surface area (Å²) < 4.78 is 15.9. The molecule has 0 saturated heterocycles. The number of methoxy groups -OCH3 is 1. The highest BCUT2D eigenvalue weighted by molar-refractivity contribution is 6.04. The molecule has 0 bridgehead atoms. The summed E-state index contributed by atoms with van der Waals surface area (Å²) in [6.45, 7) is 4.04. The van der Waals surface area contributed by atoms with Crippen LogP contribution in [0.3, 0.4) is 0 Å². The van der Waals surface area contributed by atoms with Gasteiger partial charge in [-0.2, -0.15) is 0 Å². The lowest BCUT2D eigenvalue weighted by Crippen LogP contribution is -2.45. The Morgan fingerprint density at radius 3 is 2.47 bits per heavy atom. The van der Waals surface area contributed by atoms with Crippen molar-refractivity contribution in [2.75, 3.05) is 20.3 Å². The van der Waals surface area contributed by atoms with Gasteiger partial charge in [-0.1, -0.05) is 6.07 Å². The van der Waals surface area contributed by atoms with Crippen LogP contribution in [0.2, 0.25) is 0 Å². The maximum Gasteiger partial charge on any atom is 0.338 e. The Kier molecular flexibility index (Phi) is 6.46. The van der Waals surface area contributed by atoms with E-state index in [-0.39, 0.29) is 23.7 Å². The number of hydrogen-bond donors (Lipinski definition) is 3. The van der Waals surface area contributed by atoms with Crippen LogP contribution in [-0.4, -0.2) is 37.4 Å². The zero-order valence-corrected chi connectivity index (χ0v) is 17.0. The Balaban J connectivity index is 2.15. The summed E-state index contributed by atoms with van der Waals surface area (Å²) in [6.07, 6.45) is 0. The lowest BCUT2D eigenvalue weighted by atomic mass is 9.92. The van der Waals surface area contributed by atoms with Gasteiger partial charge in [0.2, 0.25) is 0 Å². The van der Waals surface area contributed by atoms with E-state index >= 15 is 0 Å². The lowest BCUT2D eigenvalue weighted by molar-refractivity contribution is -0.138. The third-order valence-corrected chi connectivity index (χ3v) is 4.56. The second-order valence-corrected chi connectivity index (χ2v) is 6.43. The molecule has 2 aromatic carbocycles. The third-order valence-electron chi connectivity index (χ3n) is 4.56. The van der Waals surface area contributed by atoms with Crippen LogP contribution in [0, 0.1) is 0 Å². The lowest BCUT2D eigenvalue weighted by Gasteiger charge is -2.29. The van der Waals surface area contributed by atoms with E-state index in [9.17, 15) is 14.7 Å². The Bertz CT molecular complexity index is 968. The molecule has 8 nitrogen and oxygen atoms in total. The summed E-state index contributed by atoms with van der Waals surface area (Å²) in [4.78, 5) is 25.3. The van der Waals surface area contributed by atoms with E-state index in [1.165, 1.54) is 6.07 Å². The van der Waals surface area contributed by atoms with E-state index in [0.29, 0.717) is 29.2 Å². The summed E-state index contributed by atoms with van der Waals surface area (Å²) >= 11 is 0. The number of phenolic OH excluding ortho intramolecular Hbond substituents is 1. The Morgan fingerprint density at radius 1 is 1.10 bits per heavy atom. The number of aromatic hydroxyl groups is 1. The zero-order valence-electron chi connectivity index (χ0n) is 17.0. The van der Waals surface area contributed by atoms with Crippen molar-refractivity contribution in [3.63, 3.8) is 0 Å². The van der Waals surface area contributed by atoms with Crippen LogP contribution in [0.25, 0.3) is 5.70 Å². The van der Waals surface area contributed by atoms with E-state index < -0.39 is 18.0 Å². The molecule has 2 aromatic rings. The molecule has 1 atom stereocenters. The maximum absolute atomic E-state index is 12.9. The van der Waals surface area contributed by atoms with Gasteiger partial charge in [-0.25, -0.2) is 9.59 Å². The fourth-order valence-corrected chi connectivity index (χ4v) is 3.21. The SMILES string of the molecule is CCOC(=O)C1=C(c2ccc(OC)cc2)NC(=O)NC1c1ccc(O)c(OCC)c1. The second-order valence-electron chi connectivity index (χ2n) is 6.43. The fourth-order valence-electron chi connectivity index (χ4n) is 3.21. The molecule has 30 heavy (non-hydrogen) atoms. The summed E-state index contributed by atoms with van der Waals surface area (Å²) in [7, 11) is 1.56. The normalized spacial score (nSPS) is 15.8. The maximum atomic E-state index is 12.9. The fraction of sp³-hybridized carbons (Fsp3) is 0.273. The van der Waals surface area contributed by atoms with Gasteiger partial charge >= 0.3 is 12.0 Å². The number of urea groups is 1. The number of carbonyl (C=O) groups excluding carboxylic acids is 2. The Hall–Kier alpha value is -3.68. The van der Waals surface area contributed by atoms with E-state index in [0.717, 1.165) is 0 Å². The highest BCUT2D eigenvalue weighted by Crippen LogP contribution is 2.36. The molecule has 2 amide bonds. The van der Waals surface area contributed by atoms with Crippen LogP contribution in [0.5, 0.6) is 17.2 Å². The molecule has 0 aromatic heterocycles. The van der Waals surface area contributed by atoms with Gasteiger partial charge in [0.1, 0.15) is 5.75 Å². The van der Waals surface area contributed by atoms with Gasteiger partial charge < -0.3 is 30.0 Å². The van der Waals surface area contributed by atoms with Gasteiger partial charge in [0, 0.05) is 0 Å². The van der Waals surface area contributed by atoms with Gasteiger partial charge in [0.05, 0.1) is 37.6 Å². The van der Waals surface area contributed by atoms with Gasteiger partial charge in [-0.3, -0.25) is 0 Å². The highest BCUT2D eigenvalue weighted by atomic mass is 16.5. The molecule has 1 aliphatic rings. The highest BCUT2D eigenvalue weighted by Gasteiger charge is 2.34. The van der Waals surface area contributed by atoms with Gasteiger partial charge in [-0.15, -0.1) is 0 Å². The molecule has 3 N–H and O–H groups in total. The van der Waals surface area contributed by atoms with Crippen molar-refractivity contribution in [2.45, 2.75) is 19.9 Å². The minimum Gasteiger partial charge on any atom is -0.504 e. The molecule has 0 radical (unpaired) electrons. The van der Waals surface area contributed by atoms with Crippen LogP contribution in [0.1, 0.15) is 31.0 Å². The predicted molar refractivity (Wildman–Crippen MR) is 110 cm³/mol. The molecule has 1 heterocycles. The van der Waals surface area contributed by atoms with Crippen molar-refractivity contribution in [3.8, 4) is 17.2 Å². The molecule has 0 saturated carbocycles. The smallest absolute Gasteiger partial charge is 0.338 e. The Morgan fingerprint density at radius 2 is 1.83 bits per heavy atom. The van der Waals surface area contributed by atoms with Crippen molar-refractivity contribution in [3.05, 3.63) is 59.2 Å². The average Bonchev–Trinajstić information content (AvgIpc) is 2.75. The number of benzene rings is 2. The van der Waals surface area contributed by atoms with Gasteiger partial charge in [0.15, 0.2) is 11.5 Å². The number of hydrogen-bond acceptors (Lipinski definition) is 6.